The first-order chi connectivity index (χ1) is 9.27. The van der Waals surface area contributed by atoms with Crippen LogP contribution in [0.1, 0.15) is 19.8 Å². The standard InChI is InChI=1S/C14H23N3O2S/c1-10-8-11(6-7-17(10)2)16-14-5-4-12(9-13(14)15)20(3,18)19/h4-5,9-11,16H,6-8,15H2,1-3H3. The van der Waals surface area contributed by atoms with Crippen LogP contribution in [-0.4, -0.2) is 45.2 Å². The Morgan fingerprint density at radius 1 is 1.40 bits per heavy atom. The van der Waals surface area contributed by atoms with E-state index in [0.29, 0.717) is 17.8 Å². The molecule has 1 aliphatic rings. The van der Waals surface area contributed by atoms with E-state index in [9.17, 15) is 8.42 Å². The molecule has 0 radical (unpaired) electrons. The van der Waals surface area contributed by atoms with Gasteiger partial charge < -0.3 is 16.0 Å². The third-order valence-corrected chi connectivity index (χ3v) is 5.13. The first-order valence-corrected chi connectivity index (χ1v) is 8.73. The van der Waals surface area contributed by atoms with Gasteiger partial charge in [-0.25, -0.2) is 8.42 Å². The van der Waals surface area contributed by atoms with Crippen LogP contribution in [0.2, 0.25) is 0 Å². The maximum absolute atomic E-state index is 11.5. The van der Waals surface area contributed by atoms with E-state index in [-0.39, 0.29) is 4.90 Å². The summed E-state index contributed by atoms with van der Waals surface area (Å²) in [5.41, 5.74) is 7.26. The molecular weight excluding hydrogens is 274 g/mol. The van der Waals surface area contributed by atoms with E-state index in [2.05, 4.69) is 24.2 Å². The second-order valence-corrected chi connectivity index (χ2v) is 7.73. The summed E-state index contributed by atoms with van der Waals surface area (Å²) in [4.78, 5) is 2.60. The Balaban J connectivity index is 2.11. The molecule has 1 fully saturated rings. The number of nitrogens with zero attached hydrogens (tertiary/aromatic N) is 1. The zero-order chi connectivity index (χ0) is 14.9. The molecule has 0 aliphatic carbocycles. The van der Waals surface area contributed by atoms with Gasteiger partial charge in [0, 0.05) is 24.9 Å². The van der Waals surface area contributed by atoms with Gasteiger partial charge in [-0.05, 0) is 45.0 Å². The van der Waals surface area contributed by atoms with Crippen LogP contribution < -0.4 is 11.1 Å². The minimum absolute atomic E-state index is 0.261. The van der Waals surface area contributed by atoms with Gasteiger partial charge in [-0.1, -0.05) is 0 Å². The first-order valence-electron chi connectivity index (χ1n) is 6.83. The van der Waals surface area contributed by atoms with Crippen molar-refractivity contribution in [3.63, 3.8) is 0 Å². The summed E-state index contributed by atoms with van der Waals surface area (Å²) >= 11 is 0. The van der Waals surface area contributed by atoms with Gasteiger partial charge in [-0.2, -0.15) is 0 Å². The van der Waals surface area contributed by atoms with E-state index in [0.717, 1.165) is 25.1 Å². The molecule has 2 rings (SSSR count). The lowest BCUT2D eigenvalue weighted by Crippen LogP contribution is -2.42. The fraction of sp³-hybridized carbons (Fsp3) is 0.571. The number of likely N-dealkylation sites (tertiary alicyclic amines) is 1. The maximum Gasteiger partial charge on any atom is 0.175 e. The van der Waals surface area contributed by atoms with E-state index in [1.165, 1.54) is 12.3 Å². The third kappa shape index (κ3) is 3.43. The van der Waals surface area contributed by atoms with Crippen molar-refractivity contribution in [2.75, 3.05) is 30.9 Å². The van der Waals surface area contributed by atoms with Crippen LogP contribution in [0.5, 0.6) is 0 Å². The van der Waals surface area contributed by atoms with Crippen molar-refractivity contribution in [1.82, 2.24) is 4.90 Å². The van der Waals surface area contributed by atoms with Crippen LogP contribution in [0, 0.1) is 0 Å². The zero-order valence-electron chi connectivity index (χ0n) is 12.3. The molecule has 112 valence electrons. The summed E-state index contributed by atoms with van der Waals surface area (Å²) in [6, 6.07) is 5.81. The molecular formula is C14H23N3O2S. The molecule has 0 aromatic heterocycles. The Morgan fingerprint density at radius 3 is 2.65 bits per heavy atom. The average Bonchev–Trinajstić information content (AvgIpc) is 2.35. The Bertz CT molecular complexity index is 586. The van der Waals surface area contributed by atoms with Gasteiger partial charge in [0.25, 0.3) is 0 Å². The second kappa shape index (κ2) is 5.61. The molecule has 20 heavy (non-hydrogen) atoms. The van der Waals surface area contributed by atoms with Crippen molar-refractivity contribution in [1.29, 1.82) is 0 Å². The molecule has 0 saturated carbocycles. The van der Waals surface area contributed by atoms with Gasteiger partial charge >= 0.3 is 0 Å². The molecule has 6 heteroatoms. The van der Waals surface area contributed by atoms with Crippen LogP contribution >= 0.6 is 0 Å². The van der Waals surface area contributed by atoms with Crippen molar-refractivity contribution >= 4 is 21.2 Å². The van der Waals surface area contributed by atoms with Gasteiger partial charge in [0.2, 0.25) is 0 Å². The Morgan fingerprint density at radius 2 is 2.10 bits per heavy atom. The minimum Gasteiger partial charge on any atom is -0.397 e. The molecule has 1 saturated heterocycles. The topological polar surface area (TPSA) is 75.4 Å². The number of nitrogens with two attached hydrogens (primary N) is 1. The highest BCUT2D eigenvalue weighted by Gasteiger charge is 2.23. The largest absolute Gasteiger partial charge is 0.397 e. The van der Waals surface area contributed by atoms with E-state index < -0.39 is 9.84 Å². The number of rotatable bonds is 3. The predicted octanol–water partition coefficient (Wildman–Crippen LogP) is 1.57. The SMILES string of the molecule is CC1CC(Nc2ccc(S(C)(=O)=O)cc2N)CCN1C. The van der Waals surface area contributed by atoms with Crippen LogP contribution in [0.4, 0.5) is 11.4 Å². The maximum atomic E-state index is 11.5. The highest BCUT2D eigenvalue weighted by molar-refractivity contribution is 7.90. The number of benzene rings is 1. The van der Waals surface area contributed by atoms with Crippen LogP contribution in [-0.2, 0) is 9.84 Å². The highest BCUT2D eigenvalue weighted by atomic mass is 32.2. The van der Waals surface area contributed by atoms with Gasteiger partial charge in [0.15, 0.2) is 9.84 Å². The third-order valence-electron chi connectivity index (χ3n) is 4.02. The van der Waals surface area contributed by atoms with Gasteiger partial charge in [0.1, 0.15) is 0 Å². The second-order valence-electron chi connectivity index (χ2n) is 5.72. The number of hydrogen-bond acceptors (Lipinski definition) is 5. The molecule has 0 spiro atoms. The van der Waals surface area contributed by atoms with Gasteiger partial charge in [-0.15, -0.1) is 0 Å². The number of sulfone groups is 1. The van der Waals surface area contributed by atoms with Crippen LogP contribution in [0.3, 0.4) is 0 Å². The summed E-state index contributed by atoms with van der Waals surface area (Å²) in [5.74, 6) is 0. The molecule has 2 unspecified atom stereocenters. The molecule has 1 aliphatic heterocycles. The Hall–Kier alpha value is -1.27. The summed E-state index contributed by atoms with van der Waals surface area (Å²) in [6.07, 6.45) is 3.31. The summed E-state index contributed by atoms with van der Waals surface area (Å²) in [6.45, 7) is 3.27. The lowest BCUT2D eigenvalue weighted by molar-refractivity contribution is 0.190. The lowest BCUT2D eigenvalue weighted by Gasteiger charge is -2.36. The number of nitrogen functional groups attached to an aromatic ring is 1. The van der Waals surface area contributed by atoms with E-state index >= 15 is 0 Å². The van der Waals surface area contributed by atoms with Gasteiger partial charge in [0.05, 0.1) is 16.3 Å². The summed E-state index contributed by atoms with van der Waals surface area (Å²) in [7, 11) is -1.07. The minimum atomic E-state index is -3.21. The summed E-state index contributed by atoms with van der Waals surface area (Å²) in [5, 5.41) is 3.43. The Labute approximate surface area is 121 Å². The number of anilines is 2. The van der Waals surface area contributed by atoms with Crippen molar-refractivity contribution in [2.45, 2.75) is 36.7 Å². The number of nitrogens with one attached hydrogen (secondary N) is 1. The highest BCUT2D eigenvalue weighted by Crippen LogP contribution is 2.26. The van der Waals surface area contributed by atoms with Crippen LogP contribution in [0.15, 0.2) is 23.1 Å². The Kier molecular flexibility index (Phi) is 4.25. The molecule has 0 amide bonds. The van der Waals surface area contributed by atoms with E-state index in [1.807, 2.05) is 0 Å². The first kappa shape index (κ1) is 15.1. The molecule has 1 aromatic rings. The van der Waals surface area contributed by atoms with Crippen molar-refractivity contribution in [3.8, 4) is 0 Å². The van der Waals surface area contributed by atoms with Crippen molar-refractivity contribution < 1.29 is 8.42 Å². The van der Waals surface area contributed by atoms with E-state index in [4.69, 9.17) is 5.73 Å². The summed E-state index contributed by atoms with van der Waals surface area (Å²) < 4.78 is 23.0. The number of piperidine rings is 1. The molecule has 1 heterocycles. The fourth-order valence-electron chi connectivity index (χ4n) is 2.54. The average molecular weight is 297 g/mol. The van der Waals surface area contributed by atoms with Gasteiger partial charge in [-0.3, -0.25) is 0 Å². The quantitative estimate of drug-likeness (QED) is 0.828. The lowest BCUT2D eigenvalue weighted by atomic mass is 9.98. The van der Waals surface area contributed by atoms with Crippen molar-refractivity contribution in [3.05, 3.63) is 18.2 Å². The van der Waals surface area contributed by atoms with Crippen molar-refractivity contribution in [2.24, 2.45) is 0 Å². The fourth-order valence-corrected chi connectivity index (χ4v) is 3.20. The normalized spacial score (nSPS) is 24.6. The zero-order valence-corrected chi connectivity index (χ0v) is 13.1. The molecule has 0 bridgehead atoms. The molecule has 5 nitrogen and oxygen atoms in total. The molecule has 3 N–H and O–H groups in total. The smallest absolute Gasteiger partial charge is 0.175 e. The predicted molar refractivity (Wildman–Crippen MR) is 82.7 cm³/mol. The molecule has 1 aromatic carbocycles. The van der Waals surface area contributed by atoms with E-state index in [1.54, 1.807) is 12.1 Å². The van der Waals surface area contributed by atoms with Crippen LogP contribution in [0.25, 0.3) is 0 Å². The monoisotopic (exact) mass is 297 g/mol. The molecule has 2 atom stereocenters. The number of hydrogen-bond donors (Lipinski definition) is 2.